The van der Waals surface area contributed by atoms with E-state index < -0.39 is 0 Å². The molecule has 6 heteroatoms. The zero-order chi connectivity index (χ0) is 14.7. The number of urea groups is 1. The van der Waals surface area contributed by atoms with E-state index in [0.29, 0.717) is 6.61 Å². The smallest absolute Gasteiger partial charge is 0.317 e. The Bertz CT molecular complexity index is 520. The summed E-state index contributed by atoms with van der Waals surface area (Å²) in [5.41, 5.74) is 0.743. The molecule has 2 amide bonds. The molecule has 3 rings (SSSR count). The predicted molar refractivity (Wildman–Crippen MR) is 81.3 cm³/mol. The number of para-hydroxylation sites is 1. The molecule has 0 radical (unpaired) electrons. The van der Waals surface area contributed by atoms with Gasteiger partial charge in [0.25, 0.3) is 0 Å². The lowest BCUT2D eigenvalue weighted by molar-refractivity contribution is 0.198. The van der Waals surface area contributed by atoms with Crippen molar-refractivity contribution in [2.45, 2.75) is 18.9 Å². The van der Waals surface area contributed by atoms with Crippen molar-refractivity contribution in [3.05, 3.63) is 29.6 Å². The van der Waals surface area contributed by atoms with Crippen LogP contribution in [0.4, 0.5) is 9.18 Å². The molecule has 0 aromatic heterocycles. The third-order valence-electron chi connectivity index (χ3n) is 3.85. The Morgan fingerprint density at radius 2 is 2.19 bits per heavy atom. The van der Waals surface area contributed by atoms with Crippen LogP contribution in [0.3, 0.4) is 0 Å². The molecule has 1 saturated heterocycles. The van der Waals surface area contributed by atoms with Gasteiger partial charge in [-0.3, -0.25) is 0 Å². The van der Waals surface area contributed by atoms with Crippen molar-refractivity contribution in [1.29, 1.82) is 0 Å². The molecule has 0 spiro atoms. The first-order chi connectivity index (χ1) is 10.3. The van der Waals surface area contributed by atoms with Gasteiger partial charge in [0, 0.05) is 30.2 Å². The van der Waals surface area contributed by atoms with Crippen LogP contribution in [0.25, 0.3) is 0 Å². The monoisotopic (exact) mass is 310 g/mol. The van der Waals surface area contributed by atoms with Gasteiger partial charge in [-0.1, -0.05) is 12.1 Å². The molecule has 2 aliphatic rings. The van der Waals surface area contributed by atoms with Gasteiger partial charge in [-0.25, -0.2) is 9.18 Å². The highest BCUT2D eigenvalue weighted by atomic mass is 32.2. The number of carbonyl (C=O) groups excluding carboxylic acids is 1. The normalized spacial score (nSPS) is 22.0. The molecule has 1 aromatic carbocycles. The number of hydrogen-bond acceptors (Lipinski definition) is 3. The fourth-order valence-corrected chi connectivity index (χ4v) is 3.63. The number of amides is 2. The summed E-state index contributed by atoms with van der Waals surface area (Å²) in [6.45, 7) is 2.03. The molecular weight excluding hydrogens is 291 g/mol. The number of rotatable bonds is 1. The summed E-state index contributed by atoms with van der Waals surface area (Å²) in [6.07, 6.45) is 1.57. The highest BCUT2D eigenvalue weighted by molar-refractivity contribution is 7.99. The predicted octanol–water partition coefficient (Wildman–Crippen LogP) is 2.80. The standard InChI is InChI=1S/C15H19FN2O2S/c16-12-4-1-3-11-13(5-2-8-20-14(11)12)17-15(19)18-6-9-21-10-7-18/h1,3-4,13H,2,5-10H2,(H,17,19). The lowest BCUT2D eigenvalue weighted by atomic mass is 10.0. The summed E-state index contributed by atoms with van der Waals surface area (Å²) in [7, 11) is 0. The van der Waals surface area contributed by atoms with Crippen LogP contribution in [0.2, 0.25) is 0 Å². The van der Waals surface area contributed by atoms with E-state index >= 15 is 0 Å². The van der Waals surface area contributed by atoms with E-state index in [1.807, 2.05) is 22.7 Å². The molecule has 0 aliphatic carbocycles. The first-order valence-electron chi connectivity index (χ1n) is 7.30. The van der Waals surface area contributed by atoms with E-state index in [1.54, 1.807) is 6.07 Å². The van der Waals surface area contributed by atoms with Crippen molar-refractivity contribution in [3.63, 3.8) is 0 Å². The summed E-state index contributed by atoms with van der Waals surface area (Å²) in [6, 6.07) is 4.66. The second-order valence-corrected chi connectivity index (χ2v) is 6.48. The average Bonchev–Trinajstić information content (AvgIpc) is 2.72. The number of thioether (sulfide) groups is 1. The summed E-state index contributed by atoms with van der Waals surface area (Å²) >= 11 is 1.86. The van der Waals surface area contributed by atoms with E-state index in [0.717, 1.165) is 43.0 Å². The molecule has 2 heterocycles. The third kappa shape index (κ3) is 3.26. The van der Waals surface area contributed by atoms with Crippen molar-refractivity contribution in [1.82, 2.24) is 10.2 Å². The molecule has 1 atom stereocenters. The summed E-state index contributed by atoms with van der Waals surface area (Å²) in [5.74, 6) is 1.89. The molecule has 4 nitrogen and oxygen atoms in total. The van der Waals surface area contributed by atoms with Crippen LogP contribution in [0, 0.1) is 5.82 Å². The second kappa shape index (κ2) is 6.56. The molecule has 1 fully saturated rings. The largest absolute Gasteiger partial charge is 0.490 e. The summed E-state index contributed by atoms with van der Waals surface area (Å²) < 4.78 is 19.4. The third-order valence-corrected chi connectivity index (χ3v) is 4.79. The molecule has 2 aliphatic heterocycles. The fourth-order valence-electron chi connectivity index (χ4n) is 2.73. The quantitative estimate of drug-likeness (QED) is 0.867. The second-order valence-electron chi connectivity index (χ2n) is 5.25. The molecule has 114 valence electrons. The van der Waals surface area contributed by atoms with Gasteiger partial charge in [-0.15, -0.1) is 0 Å². The number of carbonyl (C=O) groups is 1. The number of benzene rings is 1. The summed E-state index contributed by atoms with van der Waals surface area (Å²) in [5, 5.41) is 3.04. The minimum Gasteiger partial charge on any atom is -0.490 e. The van der Waals surface area contributed by atoms with Gasteiger partial charge < -0.3 is 15.0 Å². The van der Waals surface area contributed by atoms with Gasteiger partial charge in [-0.05, 0) is 18.9 Å². The fraction of sp³-hybridized carbons (Fsp3) is 0.533. The molecule has 21 heavy (non-hydrogen) atoms. The molecule has 1 aromatic rings. The highest BCUT2D eigenvalue weighted by Crippen LogP contribution is 2.33. The maximum atomic E-state index is 13.9. The van der Waals surface area contributed by atoms with Crippen molar-refractivity contribution < 1.29 is 13.9 Å². The molecule has 0 bridgehead atoms. The number of hydrogen-bond donors (Lipinski definition) is 1. The number of halogens is 1. The van der Waals surface area contributed by atoms with Crippen molar-refractivity contribution in [2.75, 3.05) is 31.2 Å². The lowest BCUT2D eigenvalue weighted by Gasteiger charge is -2.29. The first-order valence-corrected chi connectivity index (χ1v) is 8.45. The van der Waals surface area contributed by atoms with Crippen molar-refractivity contribution >= 4 is 17.8 Å². The molecule has 1 N–H and O–H groups in total. The zero-order valence-corrected chi connectivity index (χ0v) is 12.6. The Morgan fingerprint density at radius 1 is 1.38 bits per heavy atom. The van der Waals surface area contributed by atoms with Crippen LogP contribution in [-0.2, 0) is 0 Å². The van der Waals surface area contributed by atoms with E-state index in [1.165, 1.54) is 6.07 Å². The SMILES string of the molecule is O=C(NC1CCCOc2c(F)cccc21)N1CCSCC1. The number of nitrogens with zero attached hydrogens (tertiary/aromatic N) is 1. The Kier molecular flexibility index (Phi) is 4.53. The Hall–Kier alpha value is -1.43. The Morgan fingerprint density at radius 3 is 3.00 bits per heavy atom. The van der Waals surface area contributed by atoms with Crippen LogP contribution in [0.5, 0.6) is 5.75 Å². The minimum absolute atomic E-state index is 0.0580. The van der Waals surface area contributed by atoms with Gasteiger partial charge in [0.05, 0.1) is 12.6 Å². The lowest BCUT2D eigenvalue weighted by Crippen LogP contribution is -2.45. The van der Waals surface area contributed by atoms with Gasteiger partial charge in [0.1, 0.15) is 0 Å². The Labute approximate surface area is 128 Å². The average molecular weight is 310 g/mol. The van der Waals surface area contributed by atoms with Gasteiger partial charge >= 0.3 is 6.03 Å². The van der Waals surface area contributed by atoms with Crippen molar-refractivity contribution in [3.8, 4) is 5.75 Å². The topological polar surface area (TPSA) is 41.6 Å². The molecule has 1 unspecified atom stereocenters. The van der Waals surface area contributed by atoms with E-state index in [9.17, 15) is 9.18 Å². The molecular formula is C15H19FN2O2S. The van der Waals surface area contributed by atoms with Crippen LogP contribution in [0.1, 0.15) is 24.4 Å². The van der Waals surface area contributed by atoms with Gasteiger partial charge in [0.15, 0.2) is 11.6 Å². The van der Waals surface area contributed by atoms with Crippen LogP contribution < -0.4 is 10.1 Å². The highest BCUT2D eigenvalue weighted by Gasteiger charge is 2.26. The number of nitrogens with one attached hydrogen (secondary N) is 1. The van der Waals surface area contributed by atoms with Crippen LogP contribution in [-0.4, -0.2) is 42.1 Å². The minimum atomic E-state index is -0.358. The van der Waals surface area contributed by atoms with Crippen LogP contribution >= 0.6 is 11.8 Å². The maximum absolute atomic E-state index is 13.9. The zero-order valence-electron chi connectivity index (χ0n) is 11.8. The van der Waals surface area contributed by atoms with E-state index in [-0.39, 0.29) is 23.6 Å². The van der Waals surface area contributed by atoms with Crippen molar-refractivity contribution in [2.24, 2.45) is 0 Å². The van der Waals surface area contributed by atoms with E-state index in [2.05, 4.69) is 5.32 Å². The van der Waals surface area contributed by atoms with Gasteiger partial charge in [0.2, 0.25) is 0 Å². The van der Waals surface area contributed by atoms with Gasteiger partial charge in [-0.2, -0.15) is 11.8 Å². The number of ether oxygens (including phenoxy) is 1. The first kappa shape index (κ1) is 14.5. The van der Waals surface area contributed by atoms with Crippen LogP contribution in [0.15, 0.2) is 18.2 Å². The van der Waals surface area contributed by atoms with E-state index in [4.69, 9.17) is 4.74 Å². The molecule has 0 saturated carbocycles. The number of fused-ring (bicyclic) bond motifs is 1. The Balaban J connectivity index is 1.76. The summed E-state index contributed by atoms with van der Waals surface area (Å²) in [4.78, 5) is 14.2. The maximum Gasteiger partial charge on any atom is 0.317 e.